The standard InChI is InChI=1S/C18H18F3N5O2S/c19-18(20,21)15-9-14-13(5-8-23-17(14)25-15)11-1-2-16(24-10-11)29(27,28)26-12-3-6-22-7-4-12/h1-2,5,8-10,12,22,26H,3-4,6-7H2,(H,23,25). The Kier molecular flexibility index (Phi) is 5.05. The minimum Gasteiger partial charge on any atom is -0.336 e. The first kappa shape index (κ1) is 19.8. The zero-order valence-electron chi connectivity index (χ0n) is 15.1. The number of pyridine rings is 2. The van der Waals surface area contributed by atoms with Crippen LogP contribution < -0.4 is 10.0 Å². The number of aromatic nitrogens is 3. The zero-order valence-corrected chi connectivity index (χ0v) is 15.9. The molecule has 29 heavy (non-hydrogen) atoms. The van der Waals surface area contributed by atoms with Crippen LogP contribution in [-0.4, -0.2) is 42.5 Å². The van der Waals surface area contributed by atoms with Crippen molar-refractivity contribution >= 4 is 21.1 Å². The Morgan fingerprint density at radius 2 is 1.86 bits per heavy atom. The molecule has 0 atom stereocenters. The highest BCUT2D eigenvalue weighted by Crippen LogP contribution is 2.34. The van der Waals surface area contributed by atoms with Crippen molar-refractivity contribution in [2.75, 3.05) is 13.1 Å². The highest BCUT2D eigenvalue weighted by atomic mass is 32.2. The van der Waals surface area contributed by atoms with Gasteiger partial charge in [0.1, 0.15) is 11.3 Å². The average molecular weight is 425 g/mol. The van der Waals surface area contributed by atoms with Gasteiger partial charge in [-0.25, -0.2) is 23.1 Å². The smallest absolute Gasteiger partial charge is 0.336 e. The van der Waals surface area contributed by atoms with Gasteiger partial charge < -0.3 is 10.3 Å². The minimum absolute atomic E-state index is 0.0964. The van der Waals surface area contributed by atoms with Crippen molar-refractivity contribution in [3.63, 3.8) is 0 Å². The quantitative estimate of drug-likeness (QED) is 0.597. The Bertz CT molecular complexity index is 1120. The average Bonchev–Trinajstić information content (AvgIpc) is 3.13. The van der Waals surface area contributed by atoms with E-state index in [1.54, 1.807) is 6.07 Å². The van der Waals surface area contributed by atoms with Crippen LogP contribution in [0.15, 0.2) is 41.7 Å². The lowest BCUT2D eigenvalue weighted by molar-refractivity contribution is -0.140. The van der Waals surface area contributed by atoms with E-state index in [1.165, 1.54) is 24.5 Å². The fourth-order valence-electron chi connectivity index (χ4n) is 3.35. The maximum Gasteiger partial charge on any atom is 0.431 e. The topological polar surface area (TPSA) is 99.8 Å². The van der Waals surface area contributed by atoms with Gasteiger partial charge in [0.05, 0.1) is 0 Å². The number of H-pyrrole nitrogens is 1. The molecule has 0 amide bonds. The number of rotatable bonds is 4. The van der Waals surface area contributed by atoms with Gasteiger partial charge in [-0.05, 0) is 55.8 Å². The predicted octanol–water partition coefficient (Wildman–Crippen LogP) is 2.67. The van der Waals surface area contributed by atoms with E-state index in [9.17, 15) is 21.6 Å². The molecule has 154 valence electrons. The molecule has 3 aromatic rings. The van der Waals surface area contributed by atoms with E-state index in [1.807, 2.05) is 0 Å². The van der Waals surface area contributed by atoms with Gasteiger partial charge in [-0.3, -0.25) is 0 Å². The second kappa shape index (κ2) is 7.39. The first-order chi connectivity index (χ1) is 13.7. The molecule has 11 heteroatoms. The molecule has 4 heterocycles. The van der Waals surface area contributed by atoms with Gasteiger partial charge in [-0.1, -0.05) is 0 Å². The number of sulfonamides is 1. The summed E-state index contributed by atoms with van der Waals surface area (Å²) in [7, 11) is -3.77. The summed E-state index contributed by atoms with van der Waals surface area (Å²) >= 11 is 0. The Balaban J connectivity index is 1.63. The molecule has 3 N–H and O–H groups in total. The number of alkyl halides is 3. The van der Waals surface area contributed by atoms with Gasteiger partial charge in [0.2, 0.25) is 0 Å². The second-order valence-corrected chi connectivity index (χ2v) is 8.49. The monoisotopic (exact) mass is 425 g/mol. The molecule has 0 spiro atoms. The summed E-state index contributed by atoms with van der Waals surface area (Å²) in [4.78, 5) is 10.2. The van der Waals surface area contributed by atoms with Crippen LogP contribution >= 0.6 is 0 Å². The number of nitrogens with zero attached hydrogens (tertiary/aromatic N) is 2. The molecule has 1 aliphatic rings. The summed E-state index contributed by atoms with van der Waals surface area (Å²) in [6, 6.07) is 5.28. The molecule has 0 bridgehead atoms. The van der Waals surface area contributed by atoms with Crippen molar-refractivity contribution in [2.45, 2.75) is 30.1 Å². The zero-order chi connectivity index (χ0) is 20.6. The highest BCUT2D eigenvalue weighted by Gasteiger charge is 2.33. The number of fused-ring (bicyclic) bond motifs is 1. The molecule has 0 aliphatic carbocycles. The number of halogens is 3. The molecule has 0 aromatic carbocycles. The number of piperidine rings is 1. The highest BCUT2D eigenvalue weighted by molar-refractivity contribution is 7.89. The minimum atomic E-state index is -4.52. The van der Waals surface area contributed by atoms with E-state index >= 15 is 0 Å². The fourth-order valence-corrected chi connectivity index (χ4v) is 4.58. The van der Waals surface area contributed by atoms with Crippen LogP contribution in [0.25, 0.3) is 22.2 Å². The molecular weight excluding hydrogens is 407 g/mol. The molecule has 7 nitrogen and oxygen atoms in total. The van der Waals surface area contributed by atoms with E-state index in [0.29, 0.717) is 24.0 Å². The summed E-state index contributed by atoms with van der Waals surface area (Å²) in [5.41, 5.74) is 0.167. The SMILES string of the molecule is O=S(=O)(NC1CCNCC1)c1ccc(-c2ccnc3[nH]c(C(F)(F)F)cc23)cn1. The van der Waals surface area contributed by atoms with Crippen LogP contribution in [0, 0.1) is 0 Å². The summed E-state index contributed by atoms with van der Waals surface area (Å²) in [5.74, 6) is 0. The lowest BCUT2D eigenvalue weighted by atomic mass is 10.1. The largest absolute Gasteiger partial charge is 0.431 e. The lowest BCUT2D eigenvalue weighted by Crippen LogP contribution is -2.42. The normalized spacial score (nSPS) is 16.4. The first-order valence-corrected chi connectivity index (χ1v) is 10.5. The Labute approximate surface area is 164 Å². The van der Waals surface area contributed by atoms with Crippen molar-refractivity contribution in [1.82, 2.24) is 25.0 Å². The molecule has 1 saturated heterocycles. The second-order valence-electron chi connectivity index (χ2n) is 6.83. The Morgan fingerprint density at radius 1 is 1.10 bits per heavy atom. The predicted molar refractivity (Wildman–Crippen MR) is 101 cm³/mol. The maximum absolute atomic E-state index is 13.0. The summed E-state index contributed by atoms with van der Waals surface area (Å²) in [6.07, 6.45) is -0.402. The van der Waals surface area contributed by atoms with Gasteiger partial charge in [0, 0.05) is 29.4 Å². The van der Waals surface area contributed by atoms with E-state index in [4.69, 9.17) is 0 Å². The summed E-state index contributed by atoms with van der Waals surface area (Å²) < 4.78 is 66.7. The van der Waals surface area contributed by atoms with Gasteiger partial charge >= 0.3 is 6.18 Å². The van der Waals surface area contributed by atoms with Gasteiger partial charge in [0.25, 0.3) is 10.0 Å². The number of hydrogen-bond donors (Lipinski definition) is 3. The van der Waals surface area contributed by atoms with Crippen molar-refractivity contribution in [1.29, 1.82) is 0 Å². The maximum atomic E-state index is 13.0. The van der Waals surface area contributed by atoms with E-state index < -0.39 is 21.9 Å². The van der Waals surface area contributed by atoms with E-state index in [0.717, 1.165) is 19.2 Å². The van der Waals surface area contributed by atoms with Crippen LogP contribution in [-0.2, 0) is 16.2 Å². The molecule has 1 fully saturated rings. The fraction of sp³-hybridized carbons (Fsp3) is 0.333. The third kappa shape index (κ3) is 4.11. The van der Waals surface area contributed by atoms with Gasteiger partial charge in [-0.15, -0.1) is 0 Å². The van der Waals surface area contributed by atoms with E-state index in [2.05, 4.69) is 25.0 Å². The Morgan fingerprint density at radius 3 is 2.52 bits per heavy atom. The first-order valence-electron chi connectivity index (χ1n) is 8.98. The van der Waals surface area contributed by atoms with E-state index in [-0.39, 0.29) is 22.1 Å². The third-order valence-corrected chi connectivity index (χ3v) is 6.26. The van der Waals surface area contributed by atoms with Crippen LogP contribution in [0.3, 0.4) is 0 Å². The lowest BCUT2D eigenvalue weighted by Gasteiger charge is -2.23. The van der Waals surface area contributed by atoms with Crippen molar-refractivity contribution in [3.8, 4) is 11.1 Å². The van der Waals surface area contributed by atoms with Crippen molar-refractivity contribution in [2.24, 2.45) is 0 Å². The van der Waals surface area contributed by atoms with Crippen LogP contribution in [0.1, 0.15) is 18.5 Å². The van der Waals surface area contributed by atoms with Crippen molar-refractivity contribution in [3.05, 3.63) is 42.4 Å². The molecule has 4 rings (SSSR count). The molecular formula is C18H18F3N5O2S. The molecule has 0 radical (unpaired) electrons. The molecule has 0 saturated carbocycles. The molecule has 3 aromatic heterocycles. The number of nitrogens with one attached hydrogen (secondary N) is 3. The Hall–Kier alpha value is -2.50. The number of hydrogen-bond acceptors (Lipinski definition) is 5. The third-order valence-electron chi connectivity index (χ3n) is 4.82. The number of aromatic amines is 1. The summed E-state index contributed by atoms with van der Waals surface area (Å²) in [5, 5.41) is 3.32. The summed E-state index contributed by atoms with van der Waals surface area (Å²) in [6.45, 7) is 1.49. The van der Waals surface area contributed by atoms with Crippen molar-refractivity contribution < 1.29 is 21.6 Å². The molecule has 0 unspecified atom stereocenters. The molecule has 1 aliphatic heterocycles. The van der Waals surface area contributed by atoms with Crippen LogP contribution in [0.4, 0.5) is 13.2 Å². The van der Waals surface area contributed by atoms with Crippen LogP contribution in [0.5, 0.6) is 0 Å². The van der Waals surface area contributed by atoms with Gasteiger partial charge in [0.15, 0.2) is 5.03 Å². The van der Waals surface area contributed by atoms with Gasteiger partial charge in [-0.2, -0.15) is 13.2 Å². The van der Waals surface area contributed by atoms with Crippen LogP contribution in [0.2, 0.25) is 0 Å².